The Balaban J connectivity index is 2.06. The minimum atomic E-state index is -0.352. The fourth-order valence-electron chi connectivity index (χ4n) is 2.01. The standard InChI is InChI=1S/C15H19N3O2/c1-4-18-13(8-11(3)17-18)9-20-15(19)12-5-6-14(16)10(2)7-12/h5-8H,4,9,16H2,1-3H3. The zero-order valence-electron chi connectivity index (χ0n) is 12.0. The lowest BCUT2D eigenvalue weighted by Crippen LogP contribution is -2.09. The molecular weight excluding hydrogens is 254 g/mol. The van der Waals surface area contributed by atoms with Crippen LogP contribution >= 0.6 is 0 Å². The van der Waals surface area contributed by atoms with Crippen LogP contribution < -0.4 is 5.73 Å². The monoisotopic (exact) mass is 273 g/mol. The SMILES string of the molecule is CCn1nc(C)cc1COC(=O)c1ccc(N)c(C)c1. The van der Waals surface area contributed by atoms with Crippen molar-refractivity contribution in [3.05, 3.63) is 46.8 Å². The second-order valence-corrected chi connectivity index (χ2v) is 4.74. The van der Waals surface area contributed by atoms with Crippen molar-refractivity contribution in [2.24, 2.45) is 0 Å². The van der Waals surface area contributed by atoms with Gasteiger partial charge in [-0.05, 0) is 50.6 Å². The van der Waals surface area contributed by atoms with E-state index in [0.29, 0.717) is 11.3 Å². The van der Waals surface area contributed by atoms with E-state index in [2.05, 4.69) is 5.10 Å². The van der Waals surface area contributed by atoms with Crippen molar-refractivity contribution in [2.45, 2.75) is 33.9 Å². The molecule has 1 aromatic heterocycles. The first-order chi connectivity index (χ1) is 9.51. The molecule has 0 saturated heterocycles. The average molecular weight is 273 g/mol. The van der Waals surface area contributed by atoms with E-state index in [1.165, 1.54) is 0 Å². The fraction of sp³-hybridized carbons (Fsp3) is 0.333. The molecule has 2 rings (SSSR count). The molecule has 0 fully saturated rings. The molecule has 0 radical (unpaired) electrons. The van der Waals surface area contributed by atoms with Crippen molar-refractivity contribution in [3.63, 3.8) is 0 Å². The second kappa shape index (κ2) is 5.77. The first kappa shape index (κ1) is 14.1. The summed E-state index contributed by atoms with van der Waals surface area (Å²) < 4.78 is 7.15. The van der Waals surface area contributed by atoms with E-state index in [9.17, 15) is 4.79 Å². The molecular formula is C15H19N3O2. The quantitative estimate of drug-likeness (QED) is 0.686. The molecule has 0 aliphatic heterocycles. The molecule has 1 aromatic carbocycles. The molecule has 2 N–H and O–H groups in total. The Kier molecular flexibility index (Phi) is 4.08. The van der Waals surface area contributed by atoms with Gasteiger partial charge in [-0.3, -0.25) is 4.68 Å². The maximum atomic E-state index is 12.0. The Bertz CT molecular complexity index is 632. The Morgan fingerprint density at radius 2 is 2.10 bits per heavy atom. The number of nitrogens with two attached hydrogens (primary N) is 1. The number of rotatable bonds is 4. The summed E-state index contributed by atoms with van der Waals surface area (Å²) in [6.07, 6.45) is 0. The van der Waals surface area contributed by atoms with Gasteiger partial charge in [0.05, 0.1) is 17.0 Å². The lowest BCUT2D eigenvalue weighted by molar-refractivity contribution is 0.0462. The molecule has 0 aliphatic carbocycles. The van der Waals surface area contributed by atoms with Crippen LogP contribution in [0.25, 0.3) is 0 Å². The van der Waals surface area contributed by atoms with E-state index in [1.807, 2.05) is 31.5 Å². The number of aromatic nitrogens is 2. The van der Waals surface area contributed by atoms with Gasteiger partial charge in [0.15, 0.2) is 0 Å². The number of anilines is 1. The lowest BCUT2D eigenvalue weighted by atomic mass is 10.1. The third-order valence-electron chi connectivity index (χ3n) is 3.14. The van der Waals surface area contributed by atoms with E-state index >= 15 is 0 Å². The topological polar surface area (TPSA) is 70.1 Å². The average Bonchev–Trinajstić information content (AvgIpc) is 2.79. The Morgan fingerprint density at radius 1 is 1.35 bits per heavy atom. The van der Waals surface area contributed by atoms with Gasteiger partial charge in [0.25, 0.3) is 0 Å². The molecule has 2 aromatic rings. The minimum absolute atomic E-state index is 0.219. The Hall–Kier alpha value is -2.30. The smallest absolute Gasteiger partial charge is 0.338 e. The number of carbonyl (C=O) groups excluding carboxylic acids is 1. The normalized spacial score (nSPS) is 10.6. The molecule has 0 bridgehead atoms. The van der Waals surface area contributed by atoms with Crippen molar-refractivity contribution in [2.75, 3.05) is 5.73 Å². The molecule has 0 atom stereocenters. The van der Waals surface area contributed by atoms with Crippen LogP contribution in [-0.2, 0) is 17.9 Å². The van der Waals surface area contributed by atoms with E-state index in [1.54, 1.807) is 18.2 Å². The number of aryl methyl sites for hydroxylation is 3. The van der Waals surface area contributed by atoms with Gasteiger partial charge < -0.3 is 10.5 Å². The highest BCUT2D eigenvalue weighted by molar-refractivity contribution is 5.90. The number of hydrogen-bond donors (Lipinski definition) is 1. The highest BCUT2D eigenvalue weighted by atomic mass is 16.5. The third kappa shape index (κ3) is 2.99. The van der Waals surface area contributed by atoms with Crippen LogP contribution in [0.4, 0.5) is 5.69 Å². The van der Waals surface area contributed by atoms with Crippen molar-refractivity contribution in [1.82, 2.24) is 9.78 Å². The van der Waals surface area contributed by atoms with Gasteiger partial charge in [-0.2, -0.15) is 5.10 Å². The van der Waals surface area contributed by atoms with Crippen LogP contribution in [0.2, 0.25) is 0 Å². The molecule has 5 nitrogen and oxygen atoms in total. The van der Waals surface area contributed by atoms with Crippen LogP contribution in [-0.4, -0.2) is 15.7 Å². The van der Waals surface area contributed by atoms with Crippen LogP contribution in [0.1, 0.15) is 34.2 Å². The Morgan fingerprint density at radius 3 is 2.75 bits per heavy atom. The predicted octanol–water partition coefficient (Wildman–Crippen LogP) is 2.46. The van der Waals surface area contributed by atoms with E-state index in [-0.39, 0.29) is 12.6 Å². The van der Waals surface area contributed by atoms with Gasteiger partial charge in [0.2, 0.25) is 0 Å². The van der Waals surface area contributed by atoms with Gasteiger partial charge in [0, 0.05) is 12.2 Å². The maximum absolute atomic E-state index is 12.0. The number of carbonyl (C=O) groups is 1. The van der Waals surface area contributed by atoms with Crippen molar-refractivity contribution in [1.29, 1.82) is 0 Å². The summed E-state index contributed by atoms with van der Waals surface area (Å²) in [6.45, 7) is 6.75. The number of nitrogen functional groups attached to an aromatic ring is 1. The molecule has 0 aliphatic rings. The number of ether oxygens (including phenoxy) is 1. The first-order valence-corrected chi connectivity index (χ1v) is 6.58. The second-order valence-electron chi connectivity index (χ2n) is 4.74. The lowest BCUT2D eigenvalue weighted by Gasteiger charge is -2.07. The zero-order valence-corrected chi connectivity index (χ0v) is 12.0. The summed E-state index contributed by atoms with van der Waals surface area (Å²) in [7, 11) is 0. The zero-order chi connectivity index (χ0) is 14.7. The highest BCUT2D eigenvalue weighted by Crippen LogP contribution is 2.14. The summed E-state index contributed by atoms with van der Waals surface area (Å²) in [5, 5.41) is 4.31. The number of hydrogen-bond acceptors (Lipinski definition) is 4. The molecule has 1 heterocycles. The number of benzene rings is 1. The van der Waals surface area contributed by atoms with Gasteiger partial charge >= 0.3 is 5.97 Å². The van der Waals surface area contributed by atoms with E-state index in [4.69, 9.17) is 10.5 Å². The summed E-state index contributed by atoms with van der Waals surface area (Å²) in [5.41, 5.74) is 9.59. The number of nitrogens with zero attached hydrogens (tertiary/aromatic N) is 2. The molecule has 5 heteroatoms. The van der Waals surface area contributed by atoms with Crippen LogP contribution in [0.5, 0.6) is 0 Å². The number of esters is 1. The minimum Gasteiger partial charge on any atom is -0.456 e. The van der Waals surface area contributed by atoms with Gasteiger partial charge in [-0.1, -0.05) is 0 Å². The van der Waals surface area contributed by atoms with Crippen LogP contribution in [0.15, 0.2) is 24.3 Å². The summed E-state index contributed by atoms with van der Waals surface area (Å²) in [5.74, 6) is -0.352. The highest BCUT2D eigenvalue weighted by Gasteiger charge is 2.11. The van der Waals surface area contributed by atoms with E-state index in [0.717, 1.165) is 23.5 Å². The fourth-order valence-corrected chi connectivity index (χ4v) is 2.01. The van der Waals surface area contributed by atoms with Crippen LogP contribution in [0.3, 0.4) is 0 Å². The summed E-state index contributed by atoms with van der Waals surface area (Å²) in [4.78, 5) is 12.0. The predicted molar refractivity (Wildman–Crippen MR) is 77.3 cm³/mol. The summed E-state index contributed by atoms with van der Waals surface area (Å²) >= 11 is 0. The third-order valence-corrected chi connectivity index (χ3v) is 3.14. The maximum Gasteiger partial charge on any atom is 0.338 e. The molecule has 0 saturated carbocycles. The van der Waals surface area contributed by atoms with Crippen molar-refractivity contribution >= 4 is 11.7 Å². The van der Waals surface area contributed by atoms with Crippen molar-refractivity contribution in [3.8, 4) is 0 Å². The molecule has 0 unspecified atom stereocenters. The van der Waals surface area contributed by atoms with Gasteiger partial charge in [-0.25, -0.2) is 4.79 Å². The first-order valence-electron chi connectivity index (χ1n) is 6.58. The van der Waals surface area contributed by atoms with Gasteiger partial charge in [-0.15, -0.1) is 0 Å². The summed E-state index contributed by atoms with van der Waals surface area (Å²) in [6, 6.07) is 7.05. The van der Waals surface area contributed by atoms with Crippen molar-refractivity contribution < 1.29 is 9.53 Å². The molecule has 106 valence electrons. The van der Waals surface area contributed by atoms with Gasteiger partial charge in [0.1, 0.15) is 6.61 Å². The Labute approximate surface area is 118 Å². The molecule has 0 spiro atoms. The molecule has 0 amide bonds. The largest absolute Gasteiger partial charge is 0.456 e. The molecule has 20 heavy (non-hydrogen) atoms. The van der Waals surface area contributed by atoms with Crippen LogP contribution in [0, 0.1) is 13.8 Å². The van der Waals surface area contributed by atoms with E-state index < -0.39 is 0 Å².